The zero-order valence-corrected chi connectivity index (χ0v) is 13.0. The van der Waals surface area contributed by atoms with Gasteiger partial charge in [0.05, 0.1) is 6.04 Å². The van der Waals surface area contributed by atoms with Gasteiger partial charge in [0.15, 0.2) is 0 Å². The number of nitrogens with one attached hydrogen (secondary N) is 1. The first-order chi connectivity index (χ1) is 9.60. The van der Waals surface area contributed by atoms with Gasteiger partial charge < -0.3 is 14.6 Å². The highest BCUT2D eigenvalue weighted by atomic mass is 16.3. The van der Waals surface area contributed by atoms with Gasteiger partial charge in [-0.05, 0) is 45.1 Å². The molecule has 0 fully saturated rings. The zero-order chi connectivity index (χ0) is 14.5. The average molecular weight is 274 g/mol. The van der Waals surface area contributed by atoms with Gasteiger partial charge in [-0.2, -0.15) is 0 Å². The Hall–Kier alpha value is -1.32. The molecule has 110 valence electrons. The van der Waals surface area contributed by atoms with E-state index < -0.39 is 0 Å². The number of furan rings is 1. The fourth-order valence-corrected chi connectivity index (χ4v) is 2.38. The van der Waals surface area contributed by atoms with Crippen molar-refractivity contribution in [2.24, 2.45) is 5.92 Å². The summed E-state index contributed by atoms with van der Waals surface area (Å²) in [4.78, 5) is 2.37. The molecule has 0 aliphatic carbocycles. The molecule has 0 radical (unpaired) electrons. The SMILES string of the molecule is CNC(CN(C)CCC(C)C)c1cc2ccccc2o1. The number of benzene rings is 1. The van der Waals surface area contributed by atoms with Crippen molar-refractivity contribution in [3.05, 3.63) is 36.1 Å². The molecule has 0 saturated carbocycles. The van der Waals surface area contributed by atoms with Crippen LogP contribution in [0.3, 0.4) is 0 Å². The molecule has 1 aromatic heterocycles. The molecule has 1 N–H and O–H groups in total. The van der Waals surface area contributed by atoms with Gasteiger partial charge in [-0.1, -0.05) is 32.0 Å². The van der Waals surface area contributed by atoms with E-state index in [0.29, 0.717) is 0 Å². The molecule has 2 aromatic rings. The third kappa shape index (κ3) is 3.84. The predicted molar refractivity (Wildman–Crippen MR) is 85.0 cm³/mol. The summed E-state index contributed by atoms with van der Waals surface area (Å²) in [5.74, 6) is 1.77. The molecule has 0 spiro atoms. The molecule has 2 rings (SSSR count). The third-order valence-electron chi connectivity index (χ3n) is 3.72. The van der Waals surface area contributed by atoms with E-state index in [-0.39, 0.29) is 6.04 Å². The van der Waals surface area contributed by atoms with Gasteiger partial charge in [0.1, 0.15) is 11.3 Å². The summed E-state index contributed by atoms with van der Waals surface area (Å²) in [6.07, 6.45) is 1.23. The van der Waals surface area contributed by atoms with E-state index in [9.17, 15) is 0 Å². The number of hydrogen-bond acceptors (Lipinski definition) is 3. The lowest BCUT2D eigenvalue weighted by molar-refractivity contribution is 0.266. The second kappa shape index (κ2) is 6.91. The summed E-state index contributed by atoms with van der Waals surface area (Å²) >= 11 is 0. The van der Waals surface area contributed by atoms with Crippen LogP contribution in [-0.2, 0) is 0 Å². The molecular weight excluding hydrogens is 248 g/mol. The molecule has 0 bridgehead atoms. The maximum Gasteiger partial charge on any atom is 0.134 e. The van der Waals surface area contributed by atoms with Crippen LogP contribution in [0.25, 0.3) is 11.0 Å². The normalized spacial score (nSPS) is 13.5. The third-order valence-corrected chi connectivity index (χ3v) is 3.72. The molecule has 0 aliphatic rings. The lowest BCUT2D eigenvalue weighted by Gasteiger charge is -2.23. The van der Waals surface area contributed by atoms with Crippen LogP contribution in [0.1, 0.15) is 32.1 Å². The number of rotatable bonds is 7. The van der Waals surface area contributed by atoms with Crippen LogP contribution in [0.4, 0.5) is 0 Å². The van der Waals surface area contributed by atoms with Crippen LogP contribution in [-0.4, -0.2) is 32.1 Å². The Morgan fingerprint density at radius 1 is 1.25 bits per heavy atom. The van der Waals surface area contributed by atoms with Gasteiger partial charge in [0.2, 0.25) is 0 Å². The van der Waals surface area contributed by atoms with Gasteiger partial charge in [-0.3, -0.25) is 0 Å². The van der Waals surface area contributed by atoms with E-state index in [1.165, 1.54) is 11.8 Å². The second-order valence-corrected chi connectivity index (χ2v) is 5.97. The molecule has 3 heteroatoms. The topological polar surface area (TPSA) is 28.4 Å². The van der Waals surface area contributed by atoms with E-state index in [0.717, 1.165) is 30.4 Å². The zero-order valence-electron chi connectivity index (χ0n) is 13.0. The summed E-state index contributed by atoms with van der Waals surface area (Å²) < 4.78 is 5.96. The minimum atomic E-state index is 0.236. The molecule has 3 nitrogen and oxygen atoms in total. The Morgan fingerprint density at radius 2 is 2.00 bits per heavy atom. The molecule has 20 heavy (non-hydrogen) atoms. The smallest absolute Gasteiger partial charge is 0.134 e. The Labute approximate surface area is 122 Å². The first-order valence-corrected chi connectivity index (χ1v) is 7.44. The monoisotopic (exact) mass is 274 g/mol. The van der Waals surface area contributed by atoms with Gasteiger partial charge in [-0.25, -0.2) is 0 Å². The van der Waals surface area contributed by atoms with Crippen LogP contribution in [0, 0.1) is 5.92 Å². The van der Waals surface area contributed by atoms with Crippen LogP contribution in [0.5, 0.6) is 0 Å². The predicted octanol–water partition coefficient (Wildman–Crippen LogP) is 3.67. The lowest BCUT2D eigenvalue weighted by atomic mass is 10.1. The van der Waals surface area contributed by atoms with Crippen molar-refractivity contribution >= 4 is 11.0 Å². The van der Waals surface area contributed by atoms with Gasteiger partial charge in [-0.15, -0.1) is 0 Å². The number of para-hydroxylation sites is 1. The minimum Gasteiger partial charge on any atom is -0.459 e. The highest BCUT2D eigenvalue weighted by molar-refractivity contribution is 5.77. The van der Waals surface area contributed by atoms with Gasteiger partial charge >= 0.3 is 0 Å². The van der Waals surface area contributed by atoms with Crippen molar-refractivity contribution < 1.29 is 4.42 Å². The van der Waals surface area contributed by atoms with Crippen molar-refractivity contribution in [2.75, 3.05) is 27.2 Å². The summed E-state index contributed by atoms with van der Waals surface area (Å²) in [7, 11) is 4.17. The standard InChI is InChI=1S/C17H26N2O/c1-13(2)9-10-19(4)12-15(18-3)17-11-14-7-5-6-8-16(14)20-17/h5-8,11,13,15,18H,9-10,12H2,1-4H3. The van der Waals surface area contributed by atoms with E-state index >= 15 is 0 Å². The van der Waals surface area contributed by atoms with Crippen LogP contribution < -0.4 is 5.32 Å². The van der Waals surface area contributed by atoms with Gasteiger partial charge in [0, 0.05) is 11.9 Å². The molecule has 1 atom stereocenters. The molecular formula is C17H26N2O. The summed E-state index contributed by atoms with van der Waals surface area (Å²) in [5.41, 5.74) is 0.965. The maximum atomic E-state index is 5.96. The van der Waals surface area contributed by atoms with Crippen molar-refractivity contribution in [3.63, 3.8) is 0 Å². The van der Waals surface area contributed by atoms with E-state index in [1.807, 2.05) is 25.2 Å². The first kappa shape index (κ1) is 15.1. The molecule has 0 saturated heterocycles. The largest absolute Gasteiger partial charge is 0.459 e. The molecule has 1 unspecified atom stereocenters. The van der Waals surface area contributed by atoms with Crippen molar-refractivity contribution in [1.82, 2.24) is 10.2 Å². The fraction of sp³-hybridized carbons (Fsp3) is 0.529. The van der Waals surface area contributed by atoms with Gasteiger partial charge in [0.25, 0.3) is 0 Å². The second-order valence-electron chi connectivity index (χ2n) is 5.97. The number of hydrogen-bond donors (Lipinski definition) is 1. The minimum absolute atomic E-state index is 0.236. The van der Waals surface area contributed by atoms with Crippen LogP contribution in [0.15, 0.2) is 34.7 Å². The van der Waals surface area contributed by atoms with E-state index in [1.54, 1.807) is 0 Å². The Bertz CT molecular complexity index is 500. The van der Waals surface area contributed by atoms with Crippen molar-refractivity contribution in [3.8, 4) is 0 Å². The van der Waals surface area contributed by atoms with E-state index in [4.69, 9.17) is 4.42 Å². The quantitative estimate of drug-likeness (QED) is 0.835. The number of nitrogens with zero attached hydrogens (tertiary/aromatic N) is 1. The fourth-order valence-electron chi connectivity index (χ4n) is 2.38. The lowest BCUT2D eigenvalue weighted by Crippen LogP contribution is -2.32. The van der Waals surface area contributed by atoms with Crippen molar-refractivity contribution in [2.45, 2.75) is 26.3 Å². The average Bonchev–Trinajstić information content (AvgIpc) is 2.86. The molecule has 0 amide bonds. The molecule has 0 aliphatic heterocycles. The van der Waals surface area contributed by atoms with Crippen molar-refractivity contribution in [1.29, 1.82) is 0 Å². The summed E-state index contributed by atoms with van der Waals surface area (Å²) in [6, 6.07) is 10.6. The van der Waals surface area contributed by atoms with Crippen LogP contribution >= 0.6 is 0 Å². The Kier molecular flexibility index (Phi) is 5.21. The highest BCUT2D eigenvalue weighted by Gasteiger charge is 2.16. The Balaban J connectivity index is 2.03. The summed E-state index contributed by atoms with van der Waals surface area (Å²) in [5, 5.41) is 4.54. The van der Waals surface area contributed by atoms with E-state index in [2.05, 4.69) is 43.2 Å². The number of fused-ring (bicyclic) bond motifs is 1. The van der Waals surface area contributed by atoms with Crippen LogP contribution in [0.2, 0.25) is 0 Å². The molecule has 1 aromatic carbocycles. The number of likely N-dealkylation sites (N-methyl/N-ethyl adjacent to an activating group) is 2. The first-order valence-electron chi connectivity index (χ1n) is 7.44. The maximum absolute atomic E-state index is 5.96. The molecule has 1 heterocycles. The summed E-state index contributed by atoms with van der Waals surface area (Å²) in [6.45, 7) is 6.62. The highest BCUT2D eigenvalue weighted by Crippen LogP contribution is 2.24. The Morgan fingerprint density at radius 3 is 2.65 bits per heavy atom.